The van der Waals surface area contributed by atoms with Gasteiger partial charge in [-0.15, -0.1) is 4.37 Å². The normalized spacial score (nSPS) is 21.9. The van der Waals surface area contributed by atoms with E-state index in [2.05, 4.69) is 65.2 Å². The third kappa shape index (κ3) is 13.9. The van der Waals surface area contributed by atoms with E-state index in [1.165, 1.54) is 31.0 Å². The zero-order valence-electron chi connectivity index (χ0n) is 29.2. The summed E-state index contributed by atoms with van der Waals surface area (Å²) in [6.07, 6.45) is 10.7. The van der Waals surface area contributed by atoms with E-state index in [4.69, 9.17) is 23.7 Å². The maximum atomic E-state index is 12.9. The number of likely N-dealkylation sites (N-methyl/N-ethyl adjacent to an activating group) is 1. The summed E-state index contributed by atoms with van der Waals surface area (Å²) in [5, 5.41) is 0. The van der Waals surface area contributed by atoms with E-state index in [0.29, 0.717) is 49.3 Å². The van der Waals surface area contributed by atoms with Crippen LogP contribution in [0.25, 0.3) is 5.57 Å². The van der Waals surface area contributed by atoms with E-state index in [1.54, 1.807) is 0 Å². The van der Waals surface area contributed by atoms with Gasteiger partial charge in [0.2, 0.25) is 6.23 Å². The van der Waals surface area contributed by atoms with Crippen molar-refractivity contribution in [1.82, 2.24) is 8.75 Å². The first-order valence-electron chi connectivity index (χ1n) is 17.2. The predicted octanol–water partition coefficient (Wildman–Crippen LogP) is 4.06. The summed E-state index contributed by atoms with van der Waals surface area (Å²) in [6, 6.07) is 0. The van der Waals surface area contributed by atoms with Crippen LogP contribution in [-0.2, 0) is 28.5 Å². The third-order valence-electron chi connectivity index (χ3n) is 8.85. The number of rotatable bonds is 14. The minimum atomic E-state index is -0.195. The smallest absolute Gasteiger partial charge is 0.313 e. The first-order valence-corrected chi connectivity index (χ1v) is 19.2. The molecule has 2 fully saturated rings. The summed E-state index contributed by atoms with van der Waals surface area (Å²) in [4.78, 5) is 24.5. The third-order valence-corrected chi connectivity index (χ3v) is 11.0. The van der Waals surface area contributed by atoms with E-state index in [-0.39, 0.29) is 64.0 Å². The molecule has 0 bridgehead atoms. The Balaban J connectivity index is 0.000000431. The number of alkyl halides is 1. The second-order valence-corrected chi connectivity index (χ2v) is 15.3. The van der Waals surface area contributed by atoms with Crippen molar-refractivity contribution in [1.29, 1.82) is 0 Å². The fourth-order valence-corrected chi connectivity index (χ4v) is 6.81. The average Bonchev–Trinajstić information content (AvgIpc) is 3.53. The van der Waals surface area contributed by atoms with Crippen LogP contribution in [0.2, 0.25) is 0 Å². The van der Waals surface area contributed by atoms with Crippen LogP contribution >= 0.6 is 34.3 Å². The molecule has 270 valence electrons. The molecule has 1 aromatic rings. The Morgan fingerprint density at radius 2 is 1.53 bits per heavy atom. The monoisotopic (exact) mass is 905 g/mol. The Morgan fingerprint density at radius 3 is 2.09 bits per heavy atom. The zero-order valence-corrected chi connectivity index (χ0v) is 34.4. The SMILES string of the molecule is CC(C)C(I)OC(=O)C1CCOCC1.CCCCCCOc1nsnc1C1=CCC[N+](C)(C(OC(=O)C2CCOCC2)C(C)C)C1.[I-]. The van der Waals surface area contributed by atoms with Gasteiger partial charge in [0.1, 0.15) is 12.2 Å². The quantitative estimate of drug-likeness (QED) is 0.0900. The summed E-state index contributed by atoms with van der Waals surface area (Å²) in [5.74, 6) is 1.11. The molecule has 10 nitrogen and oxygen atoms in total. The van der Waals surface area contributed by atoms with Crippen molar-refractivity contribution < 1.29 is 61.7 Å². The molecule has 47 heavy (non-hydrogen) atoms. The van der Waals surface area contributed by atoms with Crippen molar-refractivity contribution in [3.8, 4) is 5.88 Å². The standard InChI is InChI=1S/C24H40N3O4S.C10H17IO3.HI/c1-5-6-7-8-14-30-22-21(25-32-26-22)20-10-9-13-27(4,17-20)23(18(2)3)31-24(28)19-11-15-29-16-12-19;1-7(2)9(11)14-10(12)8-3-5-13-6-4-8;/h10,18-19,23H,5-9,11-17H2,1-4H3;7-9H,3-6H2,1-2H3;1H/q+1;;/p-1. The predicted molar refractivity (Wildman–Crippen MR) is 189 cm³/mol. The zero-order chi connectivity index (χ0) is 33.5. The number of nitrogens with zero attached hydrogens (tertiary/aromatic N) is 3. The van der Waals surface area contributed by atoms with E-state index in [0.717, 1.165) is 62.9 Å². The second-order valence-electron chi connectivity index (χ2n) is 13.6. The second kappa shape index (κ2) is 22.3. The number of carbonyl (C=O) groups is 2. The highest BCUT2D eigenvalue weighted by molar-refractivity contribution is 14.1. The van der Waals surface area contributed by atoms with Crippen molar-refractivity contribution >= 4 is 51.8 Å². The van der Waals surface area contributed by atoms with Crippen LogP contribution in [0.15, 0.2) is 6.08 Å². The Hall–Kier alpha value is -0.620. The molecule has 0 saturated carbocycles. The van der Waals surface area contributed by atoms with Crippen molar-refractivity contribution in [2.75, 3.05) is 53.2 Å². The molecule has 1 aromatic heterocycles. The van der Waals surface area contributed by atoms with E-state index < -0.39 is 0 Å². The first kappa shape index (κ1) is 42.5. The summed E-state index contributed by atoms with van der Waals surface area (Å²) in [7, 11) is 2.19. The molecule has 0 radical (unpaired) electrons. The summed E-state index contributed by atoms with van der Waals surface area (Å²) in [5.41, 5.74) is 2.00. The van der Waals surface area contributed by atoms with Gasteiger partial charge in [-0.05, 0) is 60.6 Å². The van der Waals surface area contributed by atoms with Gasteiger partial charge in [-0.2, -0.15) is 4.37 Å². The lowest BCUT2D eigenvalue weighted by Crippen LogP contribution is -3.00. The minimum absolute atomic E-state index is 0. The first-order chi connectivity index (χ1) is 22.1. The fourth-order valence-electron chi connectivity index (χ4n) is 6.03. The molecular formula is C34H57I2N3O7S. The Morgan fingerprint density at radius 1 is 0.936 bits per heavy atom. The maximum Gasteiger partial charge on any atom is 0.313 e. The molecule has 2 saturated heterocycles. The molecule has 13 heteroatoms. The maximum absolute atomic E-state index is 12.9. The minimum Gasteiger partial charge on any atom is -1.00 e. The van der Waals surface area contributed by atoms with Gasteiger partial charge in [-0.25, -0.2) is 0 Å². The Bertz CT molecular complexity index is 1090. The van der Waals surface area contributed by atoms with E-state index in [9.17, 15) is 9.59 Å². The van der Waals surface area contributed by atoms with E-state index in [1.807, 2.05) is 13.8 Å². The van der Waals surface area contributed by atoms with Crippen molar-refractivity contribution in [2.24, 2.45) is 23.7 Å². The molecule has 0 amide bonds. The van der Waals surface area contributed by atoms with Crippen LogP contribution in [0.4, 0.5) is 0 Å². The molecule has 0 aliphatic carbocycles. The summed E-state index contributed by atoms with van der Waals surface area (Å²) in [6.45, 7) is 15.6. The number of carbonyl (C=O) groups excluding carboxylic acids is 2. The van der Waals surface area contributed by atoms with Gasteiger partial charge in [0.05, 0.1) is 43.8 Å². The summed E-state index contributed by atoms with van der Waals surface area (Å²) < 4.78 is 37.7. The largest absolute Gasteiger partial charge is 1.00 e. The topological polar surface area (TPSA) is 106 Å². The number of hydrogen-bond donors (Lipinski definition) is 0. The van der Waals surface area contributed by atoms with Crippen LogP contribution in [0.3, 0.4) is 0 Å². The molecule has 0 N–H and O–H groups in total. The number of ether oxygens (including phenoxy) is 5. The molecule has 3 unspecified atom stereocenters. The van der Waals surface area contributed by atoms with Crippen LogP contribution < -0.4 is 28.7 Å². The van der Waals surface area contributed by atoms with Crippen molar-refractivity contribution in [3.63, 3.8) is 0 Å². The van der Waals surface area contributed by atoms with Gasteiger partial charge in [-0.3, -0.25) is 14.1 Å². The number of unbranched alkanes of at least 4 members (excludes halogenated alkanes) is 3. The molecule has 0 spiro atoms. The Kier molecular flexibility index (Phi) is 20.1. The number of aromatic nitrogens is 2. The van der Waals surface area contributed by atoms with E-state index >= 15 is 0 Å². The fraction of sp³-hybridized carbons (Fsp3) is 0.824. The number of halogens is 2. The molecule has 4 heterocycles. The van der Waals surface area contributed by atoms with Crippen LogP contribution in [-0.4, -0.2) is 88.7 Å². The molecule has 3 aliphatic heterocycles. The number of esters is 2. The van der Waals surface area contributed by atoms with Gasteiger partial charge < -0.3 is 47.7 Å². The molecular weight excluding hydrogens is 848 g/mol. The molecule has 0 aromatic carbocycles. The van der Waals surface area contributed by atoms with Gasteiger partial charge in [-0.1, -0.05) is 60.0 Å². The summed E-state index contributed by atoms with van der Waals surface area (Å²) >= 11 is 3.37. The van der Waals surface area contributed by atoms with Crippen molar-refractivity contribution in [2.45, 2.75) is 103 Å². The van der Waals surface area contributed by atoms with Crippen LogP contribution in [0.5, 0.6) is 5.88 Å². The van der Waals surface area contributed by atoms with Gasteiger partial charge >= 0.3 is 11.9 Å². The van der Waals surface area contributed by atoms with Gasteiger partial charge in [0.25, 0.3) is 5.88 Å². The average molecular weight is 906 g/mol. The highest BCUT2D eigenvalue weighted by Gasteiger charge is 2.42. The highest BCUT2D eigenvalue weighted by Crippen LogP contribution is 2.34. The number of quaternary nitrogens is 1. The Labute approximate surface area is 317 Å². The van der Waals surface area contributed by atoms with Gasteiger partial charge in [0, 0.05) is 44.3 Å². The molecule has 3 atom stereocenters. The molecule has 3 aliphatic rings. The highest BCUT2D eigenvalue weighted by atomic mass is 127. The van der Waals surface area contributed by atoms with Crippen LogP contribution in [0.1, 0.15) is 98.1 Å². The number of hydrogen-bond acceptors (Lipinski definition) is 10. The van der Waals surface area contributed by atoms with Crippen molar-refractivity contribution in [3.05, 3.63) is 11.8 Å². The lowest BCUT2D eigenvalue weighted by Gasteiger charge is -2.44. The van der Waals surface area contributed by atoms with Gasteiger partial charge in [0.15, 0.2) is 4.11 Å². The molecule has 4 rings (SSSR count). The lowest BCUT2D eigenvalue weighted by atomic mass is 9.99. The lowest BCUT2D eigenvalue weighted by molar-refractivity contribution is -0.950. The van der Waals surface area contributed by atoms with Crippen LogP contribution in [0, 0.1) is 23.7 Å².